The SMILES string of the molecule is CC[C@@H](CC(=O)c1ccc(OC)nc1)C1CCC(c2cc(C)ccn2)CC1. The number of pyridine rings is 2. The molecule has 0 amide bonds. The topological polar surface area (TPSA) is 52.1 Å². The van der Waals surface area contributed by atoms with Crippen molar-refractivity contribution in [3.8, 4) is 5.88 Å². The van der Waals surface area contributed by atoms with E-state index >= 15 is 0 Å². The molecular weight excluding hydrogens is 336 g/mol. The fourth-order valence-electron chi connectivity index (χ4n) is 4.34. The monoisotopic (exact) mass is 366 g/mol. The van der Waals surface area contributed by atoms with E-state index in [1.54, 1.807) is 19.4 Å². The van der Waals surface area contributed by atoms with Gasteiger partial charge in [-0.15, -0.1) is 0 Å². The predicted molar refractivity (Wildman–Crippen MR) is 107 cm³/mol. The van der Waals surface area contributed by atoms with E-state index in [0.29, 0.717) is 35.6 Å². The van der Waals surface area contributed by atoms with Crippen LogP contribution in [-0.2, 0) is 0 Å². The third-order valence-electron chi connectivity index (χ3n) is 6.03. The zero-order valence-electron chi connectivity index (χ0n) is 16.6. The summed E-state index contributed by atoms with van der Waals surface area (Å²) in [5.41, 5.74) is 3.21. The number of aryl methyl sites for hydroxylation is 1. The second-order valence-electron chi connectivity index (χ2n) is 7.75. The van der Waals surface area contributed by atoms with Crippen LogP contribution in [0.4, 0.5) is 0 Å². The number of nitrogens with zero attached hydrogens (tertiary/aromatic N) is 2. The van der Waals surface area contributed by atoms with Crippen LogP contribution in [0, 0.1) is 18.8 Å². The maximum Gasteiger partial charge on any atom is 0.212 e. The van der Waals surface area contributed by atoms with Gasteiger partial charge in [0.05, 0.1) is 7.11 Å². The van der Waals surface area contributed by atoms with Crippen molar-refractivity contribution in [2.75, 3.05) is 7.11 Å². The van der Waals surface area contributed by atoms with E-state index in [1.165, 1.54) is 36.9 Å². The lowest BCUT2D eigenvalue weighted by Crippen LogP contribution is -2.23. The van der Waals surface area contributed by atoms with Crippen LogP contribution in [0.15, 0.2) is 36.7 Å². The van der Waals surface area contributed by atoms with Gasteiger partial charge in [0.15, 0.2) is 5.78 Å². The molecular formula is C23H30N2O2. The highest BCUT2D eigenvalue weighted by atomic mass is 16.5. The molecule has 2 aromatic rings. The van der Waals surface area contributed by atoms with Crippen molar-refractivity contribution in [3.63, 3.8) is 0 Å². The number of ketones is 1. The van der Waals surface area contributed by atoms with E-state index in [0.717, 1.165) is 6.42 Å². The summed E-state index contributed by atoms with van der Waals surface area (Å²) in [6.07, 6.45) is 9.95. The summed E-state index contributed by atoms with van der Waals surface area (Å²) >= 11 is 0. The lowest BCUT2D eigenvalue weighted by atomic mass is 9.72. The van der Waals surface area contributed by atoms with E-state index in [2.05, 4.69) is 35.9 Å². The molecule has 0 saturated heterocycles. The first kappa shape index (κ1) is 19.5. The number of carbonyl (C=O) groups is 1. The Morgan fingerprint density at radius 1 is 1.19 bits per heavy atom. The van der Waals surface area contributed by atoms with E-state index in [9.17, 15) is 4.79 Å². The quantitative estimate of drug-likeness (QED) is 0.618. The zero-order valence-corrected chi connectivity index (χ0v) is 16.6. The fraction of sp³-hybridized carbons (Fsp3) is 0.522. The first-order valence-electron chi connectivity index (χ1n) is 10.1. The van der Waals surface area contributed by atoms with Gasteiger partial charge < -0.3 is 4.74 Å². The Hall–Kier alpha value is -2.23. The second kappa shape index (κ2) is 9.12. The third kappa shape index (κ3) is 4.94. The van der Waals surface area contributed by atoms with Gasteiger partial charge in [-0.05, 0) is 68.2 Å². The van der Waals surface area contributed by atoms with E-state index < -0.39 is 0 Å². The Bertz CT molecular complexity index is 749. The highest BCUT2D eigenvalue weighted by molar-refractivity contribution is 5.95. The molecule has 0 radical (unpaired) electrons. The molecule has 0 bridgehead atoms. The molecule has 1 aliphatic carbocycles. The van der Waals surface area contributed by atoms with Gasteiger partial charge >= 0.3 is 0 Å². The Morgan fingerprint density at radius 3 is 2.56 bits per heavy atom. The van der Waals surface area contributed by atoms with Gasteiger partial charge in [-0.3, -0.25) is 9.78 Å². The highest BCUT2D eigenvalue weighted by Crippen LogP contribution is 2.40. The van der Waals surface area contributed by atoms with Gasteiger partial charge in [-0.2, -0.15) is 0 Å². The molecule has 27 heavy (non-hydrogen) atoms. The summed E-state index contributed by atoms with van der Waals surface area (Å²) in [6.45, 7) is 4.34. The minimum atomic E-state index is 0.194. The van der Waals surface area contributed by atoms with E-state index in [4.69, 9.17) is 4.74 Å². The molecule has 4 heteroatoms. The normalized spacial score (nSPS) is 20.9. The standard InChI is InChI=1S/C23H30N2O2/c1-4-17(14-22(26)20-9-10-23(27-3)25-15-20)18-5-7-19(8-6-18)21-13-16(2)11-12-24-21/h9-13,15,17-19H,4-8,14H2,1-3H3/t17-,18?,19?/m0/s1. The second-order valence-corrected chi connectivity index (χ2v) is 7.75. The highest BCUT2D eigenvalue weighted by Gasteiger charge is 2.29. The number of ether oxygens (including phenoxy) is 1. The van der Waals surface area contributed by atoms with Crippen LogP contribution in [0.2, 0.25) is 0 Å². The largest absolute Gasteiger partial charge is 0.481 e. The smallest absolute Gasteiger partial charge is 0.212 e. The molecule has 2 heterocycles. The van der Waals surface area contributed by atoms with Crippen molar-refractivity contribution in [1.82, 2.24) is 9.97 Å². The van der Waals surface area contributed by atoms with E-state index in [1.807, 2.05) is 12.3 Å². The average Bonchev–Trinajstić information content (AvgIpc) is 2.72. The van der Waals surface area contributed by atoms with Crippen molar-refractivity contribution >= 4 is 5.78 Å². The molecule has 0 aliphatic heterocycles. The number of carbonyl (C=O) groups excluding carboxylic acids is 1. The summed E-state index contributed by atoms with van der Waals surface area (Å²) in [6, 6.07) is 7.86. The summed E-state index contributed by atoms with van der Waals surface area (Å²) in [5, 5.41) is 0. The first-order chi connectivity index (χ1) is 13.1. The molecule has 1 saturated carbocycles. The Morgan fingerprint density at radius 2 is 1.96 bits per heavy atom. The summed E-state index contributed by atoms with van der Waals surface area (Å²) in [7, 11) is 1.58. The number of aromatic nitrogens is 2. The van der Waals surface area contributed by atoms with Crippen molar-refractivity contribution in [3.05, 3.63) is 53.5 Å². The molecule has 0 unspecified atom stereocenters. The van der Waals surface area contributed by atoms with Gasteiger partial charge in [-0.25, -0.2) is 4.98 Å². The van der Waals surface area contributed by atoms with Gasteiger partial charge in [0.25, 0.3) is 0 Å². The Kier molecular flexibility index (Phi) is 6.59. The predicted octanol–water partition coefficient (Wildman–Crippen LogP) is 5.37. The summed E-state index contributed by atoms with van der Waals surface area (Å²) in [5.74, 6) is 2.39. The van der Waals surface area contributed by atoms with Crippen LogP contribution >= 0.6 is 0 Å². The zero-order chi connectivity index (χ0) is 19.2. The number of Topliss-reactive ketones (excluding diaryl/α,β-unsaturated/α-hetero) is 1. The number of rotatable bonds is 7. The number of hydrogen-bond acceptors (Lipinski definition) is 4. The van der Waals surface area contributed by atoms with Crippen LogP contribution in [0.1, 0.15) is 73.0 Å². The summed E-state index contributed by atoms with van der Waals surface area (Å²) in [4.78, 5) is 21.4. The van der Waals surface area contributed by atoms with Gasteiger partial charge in [0, 0.05) is 42.1 Å². The van der Waals surface area contributed by atoms with Gasteiger partial charge in [-0.1, -0.05) is 13.3 Å². The third-order valence-corrected chi connectivity index (χ3v) is 6.03. The molecule has 1 atom stereocenters. The number of hydrogen-bond donors (Lipinski definition) is 0. The van der Waals surface area contributed by atoms with Crippen molar-refractivity contribution in [2.24, 2.45) is 11.8 Å². The van der Waals surface area contributed by atoms with Crippen LogP contribution in [0.25, 0.3) is 0 Å². The van der Waals surface area contributed by atoms with E-state index in [-0.39, 0.29) is 5.78 Å². The molecule has 144 valence electrons. The molecule has 1 fully saturated rings. The molecule has 0 N–H and O–H groups in total. The maximum atomic E-state index is 12.7. The minimum Gasteiger partial charge on any atom is -0.481 e. The lowest BCUT2D eigenvalue weighted by molar-refractivity contribution is 0.0925. The Balaban J connectivity index is 1.57. The molecule has 1 aliphatic rings. The van der Waals surface area contributed by atoms with Crippen LogP contribution < -0.4 is 4.74 Å². The molecule has 0 spiro atoms. The maximum absolute atomic E-state index is 12.7. The summed E-state index contributed by atoms with van der Waals surface area (Å²) < 4.78 is 5.07. The fourth-order valence-corrected chi connectivity index (χ4v) is 4.34. The first-order valence-corrected chi connectivity index (χ1v) is 10.1. The molecule has 4 nitrogen and oxygen atoms in total. The lowest BCUT2D eigenvalue weighted by Gasteiger charge is -2.33. The van der Waals surface area contributed by atoms with Crippen molar-refractivity contribution < 1.29 is 9.53 Å². The molecule has 0 aromatic carbocycles. The van der Waals surface area contributed by atoms with Crippen LogP contribution in [0.5, 0.6) is 5.88 Å². The molecule has 2 aromatic heterocycles. The number of methoxy groups -OCH3 is 1. The van der Waals surface area contributed by atoms with Gasteiger partial charge in [0.2, 0.25) is 5.88 Å². The Labute approximate surface area is 162 Å². The minimum absolute atomic E-state index is 0.194. The van der Waals surface area contributed by atoms with Gasteiger partial charge in [0.1, 0.15) is 0 Å². The average molecular weight is 367 g/mol. The van der Waals surface area contributed by atoms with Crippen molar-refractivity contribution in [2.45, 2.75) is 58.3 Å². The van der Waals surface area contributed by atoms with Crippen LogP contribution in [0.3, 0.4) is 0 Å². The molecule has 3 rings (SSSR count). The van der Waals surface area contributed by atoms with Crippen molar-refractivity contribution in [1.29, 1.82) is 0 Å². The van der Waals surface area contributed by atoms with Crippen LogP contribution in [-0.4, -0.2) is 22.9 Å².